The zero-order valence-electron chi connectivity index (χ0n) is 14.4. The second-order valence-electron chi connectivity index (χ2n) is 6.53. The average Bonchev–Trinajstić information content (AvgIpc) is 3.31. The van der Waals surface area contributed by atoms with Gasteiger partial charge in [0.25, 0.3) is 5.91 Å². The topological polar surface area (TPSA) is 123 Å². The Kier molecular flexibility index (Phi) is 4.73. The highest BCUT2D eigenvalue weighted by atomic mass is 16.5. The number of nitroso groups, excluding NO2 is 1. The van der Waals surface area contributed by atoms with Crippen LogP contribution in [0, 0.1) is 10.8 Å². The molecule has 1 N–H and O–H groups in total. The summed E-state index contributed by atoms with van der Waals surface area (Å²) in [5.41, 5.74) is 1.52. The smallest absolute Gasteiger partial charge is 0.290 e. The summed E-state index contributed by atoms with van der Waals surface area (Å²) in [6.07, 6.45) is 2.25. The van der Waals surface area contributed by atoms with Crippen molar-refractivity contribution in [2.24, 2.45) is 11.1 Å². The van der Waals surface area contributed by atoms with E-state index >= 15 is 0 Å². The maximum Gasteiger partial charge on any atom is 0.290 e. The molecule has 0 atom stereocenters. The number of rotatable bonds is 7. The summed E-state index contributed by atoms with van der Waals surface area (Å²) in [6.45, 7) is -0.113. The van der Waals surface area contributed by atoms with Crippen LogP contribution in [0.5, 0.6) is 0 Å². The van der Waals surface area contributed by atoms with Crippen molar-refractivity contribution in [3.05, 3.63) is 58.8 Å². The Morgan fingerprint density at radius 2 is 1.96 bits per heavy atom. The van der Waals surface area contributed by atoms with E-state index in [0.29, 0.717) is 23.9 Å². The highest BCUT2D eigenvalue weighted by Gasteiger charge is 2.32. The van der Waals surface area contributed by atoms with E-state index in [4.69, 9.17) is 8.94 Å². The number of nitrogens with one attached hydrogen (secondary N) is 1. The second kappa shape index (κ2) is 7.48. The molecule has 1 aliphatic carbocycles. The van der Waals surface area contributed by atoms with Gasteiger partial charge in [-0.25, -0.2) is 0 Å². The van der Waals surface area contributed by atoms with Crippen LogP contribution in [0.4, 0.5) is 0 Å². The standard InChI is InChI=1S/C18H17N5O4/c24-18(15-9-14(23-27-15)12-4-2-1-3-5-12)20-13-6-11(7-13)8-16-21-22-17(26-16)10-19-25/h1-5,9,11,13H,6-8,10H2,(H,20,24). The number of carbonyl (C=O) groups is 1. The quantitative estimate of drug-likeness (QED) is 0.637. The molecule has 0 spiro atoms. The van der Waals surface area contributed by atoms with Gasteiger partial charge in [0.15, 0.2) is 6.54 Å². The molecular formula is C18H17N5O4. The number of hydrogen-bond acceptors (Lipinski definition) is 8. The fourth-order valence-corrected chi connectivity index (χ4v) is 3.14. The molecule has 0 radical (unpaired) electrons. The molecule has 1 amide bonds. The van der Waals surface area contributed by atoms with E-state index in [-0.39, 0.29) is 30.1 Å². The number of nitrogens with zero attached hydrogens (tertiary/aromatic N) is 4. The van der Waals surface area contributed by atoms with E-state index in [1.165, 1.54) is 0 Å². The van der Waals surface area contributed by atoms with E-state index in [9.17, 15) is 9.70 Å². The minimum Gasteiger partial charge on any atom is -0.423 e. The van der Waals surface area contributed by atoms with Gasteiger partial charge in [-0.05, 0) is 18.8 Å². The van der Waals surface area contributed by atoms with Crippen molar-refractivity contribution in [2.45, 2.75) is 31.8 Å². The molecule has 9 heteroatoms. The molecule has 0 unspecified atom stereocenters. The van der Waals surface area contributed by atoms with Gasteiger partial charge < -0.3 is 14.3 Å². The van der Waals surface area contributed by atoms with E-state index in [0.717, 1.165) is 18.4 Å². The third kappa shape index (κ3) is 3.91. The lowest BCUT2D eigenvalue weighted by Gasteiger charge is -2.34. The van der Waals surface area contributed by atoms with Crippen LogP contribution in [0.3, 0.4) is 0 Å². The van der Waals surface area contributed by atoms with Crippen LogP contribution < -0.4 is 5.32 Å². The first-order valence-electron chi connectivity index (χ1n) is 8.64. The van der Waals surface area contributed by atoms with Gasteiger partial charge in [0, 0.05) is 24.1 Å². The van der Waals surface area contributed by atoms with Gasteiger partial charge in [-0.15, -0.1) is 10.2 Å². The lowest BCUT2D eigenvalue weighted by atomic mass is 9.78. The van der Waals surface area contributed by atoms with Crippen LogP contribution >= 0.6 is 0 Å². The van der Waals surface area contributed by atoms with E-state index in [1.807, 2.05) is 30.3 Å². The molecule has 0 saturated heterocycles. The molecular weight excluding hydrogens is 350 g/mol. The normalized spacial score (nSPS) is 18.7. The molecule has 0 aliphatic heterocycles. The van der Waals surface area contributed by atoms with Crippen LogP contribution in [0.15, 0.2) is 50.5 Å². The Hall–Kier alpha value is -3.36. The maximum atomic E-state index is 12.3. The van der Waals surface area contributed by atoms with Crippen LogP contribution in [0.2, 0.25) is 0 Å². The van der Waals surface area contributed by atoms with Gasteiger partial charge in [0.05, 0.1) is 0 Å². The molecule has 138 valence electrons. The Balaban J connectivity index is 1.26. The van der Waals surface area contributed by atoms with Crippen molar-refractivity contribution in [1.29, 1.82) is 0 Å². The molecule has 3 aromatic rings. The first kappa shape index (κ1) is 17.1. The monoisotopic (exact) mass is 367 g/mol. The van der Waals surface area contributed by atoms with Crippen LogP contribution in [0.1, 0.15) is 35.2 Å². The third-order valence-corrected chi connectivity index (χ3v) is 4.55. The van der Waals surface area contributed by atoms with Crippen LogP contribution in [-0.4, -0.2) is 27.3 Å². The van der Waals surface area contributed by atoms with Crippen molar-refractivity contribution in [1.82, 2.24) is 20.7 Å². The average molecular weight is 367 g/mol. The van der Waals surface area contributed by atoms with Gasteiger partial charge in [-0.1, -0.05) is 40.7 Å². The summed E-state index contributed by atoms with van der Waals surface area (Å²) >= 11 is 0. The second-order valence-corrected chi connectivity index (χ2v) is 6.53. The largest absolute Gasteiger partial charge is 0.423 e. The predicted octanol–water partition coefficient (Wildman–Crippen LogP) is 2.74. The minimum atomic E-state index is -0.273. The first-order valence-corrected chi connectivity index (χ1v) is 8.64. The summed E-state index contributed by atoms with van der Waals surface area (Å²) in [5, 5.41) is 17.3. The molecule has 1 aromatic carbocycles. The molecule has 1 aliphatic rings. The molecule has 0 bridgehead atoms. The summed E-state index contributed by atoms with van der Waals surface area (Å²) in [6, 6.07) is 11.3. The van der Waals surface area contributed by atoms with Gasteiger partial charge in [0.2, 0.25) is 17.5 Å². The number of carbonyl (C=O) groups excluding carboxylic acids is 1. The molecule has 1 saturated carbocycles. The van der Waals surface area contributed by atoms with Crippen molar-refractivity contribution < 1.29 is 13.7 Å². The minimum absolute atomic E-state index is 0.0757. The number of hydrogen-bond donors (Lipinski definition) is 1. The number of amides is 1. The van der Waals surface area contributed by atoms with Crippen LogP contribution in [-0.2, 0) is 13.0 Å². The molecule has 2 heterocycles. The fourth-order valence-electron chi connectivity index (χ4n) is 3.14. The number of aromatic nitrogens is 3. The Morgan fingerprint density at radius 3 is 2.74 bits per heavy atom. The Labute approximate surface area is 154 Å². The summed E-state index contributed by atoms with van der Waals surface area (Å²) in [5.74, 6) is 0.989. The van der Waals surface area contributed by atoms with Crippen molar-refractivity contribution in [3.8, 4) is 11.3 Å². The zero-order valence-corrected chi connectivity index (χ0v) is 14.4. The fraction of sp³-hybridized carbons (Fsp3) is 0.333. The van der Waals surface area contributed by atoms with Gasteiger partial charge in [-0.2, -0.15) is 4.91 Å². The van der Waals surface area contributed by atoms with Crippen molar-refractivity contribution in [3.63, 3.8) is 0 Å². The van der Waals surface area contributed by atoms with E-state index < -0.39 is 0 Å². The van der Waals surface area contributed by atoms with Crippen molar-refractivity contribution in [2.75, 3.05) is 0 Å². The summed E-state index contributed by atoms with van der Waals surface area (Å²) in [7, 11) is 0. The highest BCUT2D eigenvalue weighted by molar-refractivity contribution is 5.92. The highest BCUT2D eigenvalue weighted by Crippen LogP contribution is 2.30. The van der Waals surface area contributed by atoms with Crippen LogP contribution in [0.25, 0.3) is 11.3 Å². The Bertz CT molecular complexity index is 930. The Morgan fingerprint density at radius 1 is 1.19 bits per heavy atom. The zero-order chi connectivity index (χ0) is 18.6. The lowest BCUT2D eigenvalue weighted by molar-refractivity contribution is 0.0849. The van der Waals surface area contributed by atoms with E-state index in [2.05, 4.69) is 25.8 Å². The molecule has 4 rings (SSSR count). The molecule has 9 nitrogen and oxygen atoms in total. The van der Waals surface area contributed by atoms with Gasteiger partial charge >= 0.3 is 0 Å². The molecule has 2 aromatic heterocycles. The van der Waals surface area contributed by atoms with Gasteiger partial charge in [-0.3, -0.25) is 4.79 Å². The van der Waals surface area contributed by atoms with Crippen molar-refractivity contribution >= 4 is 5.91 Å². The van der Waals surface area contributed by atoms with Gasteiger partial charge in [0.1, 0.15) is 5.69 Å². The summed E-state index contributed by atoms with van der Waals surface area (Å²) in [4.78, 5) is 22.5. The predicted molar refractivity (Wildman–Crippen MR) is 93.4 cm³/mol. The maximum absolute atomic E-state index is 12.3. The number of benzene rings is 1. The SMILES string of the molecule is O=NCc1nnc(CC2CC(NC(=O)c3cc(-c4ccccc4)no3)C2)o1. The molecule has 1 fully saturated rings. The third-order valence-electron chi connectivity index (χ3n) is 4.55. The first-order chi connectivity index (χ1) is 13.2. The summed E-state index contributed by atoms with van der Waals surface area (Å²) < 4.78 is 10.5. The van der Waals surface area contributed by atoms with E-state index in [1.54, 1.807) is 6.07 Å². The molecule has 27 heavy (non-hydrogen) atoms. The lowest BCUT2D eigenvalue weighted by Crippen LogP contribution is -2.44.